The third-order valence-electron chi connectivity index (χ3n) is 2.91. The van der Waals surface area contributed by atoms with Crippen LogP contribution in [0.5, 0.6) is 0 Å². The van der Waals surface area contributed by atoms with Crippen molar-refractivity contribution in [1.82, 2.24) is 0 Å². The van der Waals surface area contributed by atoms with Crippen molar-refractivity contribution in [3.63, 3.8) is 0 Å². The molecule has 0 aliphatic carbocycles. The maximum atomic E-state index is 13.8. The molecule has 0 amide bonds. The number of hydrogen-bond donors (Lipinski definition) is 1. The van der Waals surface area contributed by atoms with E-state index in [1.54, 1.807) is 4.72 Å². The zero-order chi connectivity index (χ0) is 18.1. The number of carbonyl (C=O) groups is 1. The molecule has 0 heterocycles. The van der Waals surface area contributed by atoms with Gasteiger partial charge in [0, 0.05) is 6.07 Å². The Morgan fingerprint density at radius 3 is 2.46 bits per heavy atom. The smallest absolute Gasteiger partial charge is 0.340 e. The van der Waals surface area contributed by atoms with E-state index in [2.05, 4.69) is 4.74 Å². The third kappa shape index (κ3) is 3.46. The second-order valence-electron chi connectivity index (χ2n) is 4.46. The van der Waals surface area contributed by atoms with Gasteiger partial charge in [0.05, 0.1) is 23.4 Å². The Morgan fingerprint density at radius 1 is 1.17 bits per heavy atom. The average molecular weight is 380 g/mol. The molecule has 0 bridgehead atoms. The summed E-state index contributed by atoms with van der Waals surface area (Å²) < 4.78 is 71.6. The summed E-state index contributed by atoms with van der Waals surface area (Å²) in [5, 5.41) is -0.451. The van der Waals surface area contributed by atoms with Gasteiger partial charge in [-0.25, -0.2) is 26.4 Å². The van der Waals surface area contributed by atoms with E-state index in [0.717, 1.165) is 19.2 Å². The van der Waals surface area contributed by atoms with Crippen molar-refractivity contribution in [2.45, 2.75) is 4.90 Å². The zero-order valence-corrected chi connectivity index (χ0v) is 13.5. The van der Waals surface area contributed by atoms with Crippen LogP contribution in [0.1, 0.15) is 10.4 Å². The molecule has 10 heteroatoms. The van der Waals surface area contributed by atoms with Crippen LogP contribution in [0.4, 0.5) is 18.9 Å². The molecule has 0 aromatic heterocycles. The molecule has 24 heavy (non-hydrogen) atoms. The summed E-state index contributed by atoms with van der Waals surface area (Å²) >= 11 is 5.51. The van der Waals surface area contributed by atoms with Crippen LogP contribution in [-0.4, -0.2) is 21.5 Å². The second-order valence-corrected chi connectivity index (χ2v) is 6.52. The number of nitrogens with one attached hydrogen (secondary N) is 1. The van der Waals surface area contributed by atoms with E-state index in [9.17, 15) is 26.4 Å². The van der Waals surface area contributed by atoms with Gasteiger partial charge in [-0.3, -0.25) is 4.72 Å². The second kappa shape index (κ2) is 6.70. The Morgan fingerprint density at radius 2 is 1.83 bits per heavy atom. The van der Waals surface area contributed by atoms with Crippen molar-refractivity contribution in [1.29, 1.82) is 0 Å². The SMILES string of the molecule is COC(=O)c1cc(NS(=O)(=O)c2cccc(Cl)c2F)c(F)cc1F. The van der Waals surface area contributed by atoms with Gasteiger partial charge in [0.25, 0.3) is 10.0 Å². The van der Waals surface area contributed by atoms with Crippen LogP contribution in [0.3, 0.4) is 0 Å². The molecular weight excluding hydrogens is 371 g/mol. The number of carbonyl (C=O) groups excluding carboxylic acids is 1. The van der Waals surface area contributed by atoms with Crippen LogP contribution in [0, 0.1) is 17.5 Å². The molecule has 0 fully saturated rings. The number of sulfonamides is 1. The highest BCUT2D eigenvalue weighted by Gasteiger charge is 2.24. The first kappa shape index (κ1) is 18.1. The standard InChI is InChI=1S/C14H9ClF3NO4S/c1-23-14(20)7-5-11(10(17)6-9(7)16)19-24(21,22)12-4-2-3-8(15)13(12)18/h2-6,19H,1H3. The highest BCUT2D eigenvalue weighted by Crippen LogP contribution is 2.26. The Hall–Kier alpha value is -2.26. The summed E-state index contributed by atoms with van der Waals surface area (Å²) in [6.07, 6.45) is 0. The van der Waals surface area contributed by atoms with Gasteiger partial charge >= 0.3 is 5.97 Å². The van der Waals surface area contributed by atoms with Gasteiger partial charge in [-0.1, -0.05) is 17.7 Å². The zero-order valence-electron chi connectivity index (χ0n) is 11.9. The first-order valence-electron chi connectivity index (χ1n) is 6.21. The summed E-state index contributed by atoms with van der Waals surface area (Å²) in [4.78, 5) is 10.6. The Labute approximate surface area is 140 Å². The van der Waals surface area contributed by atoms with Crippen LogP contribution in [0.25, 0.3) is 0 Å². The quantitative estimate of drug-likeness (QED) is 0.827. The fourth-order valence-corrected chi connectivity index (χ4v) is 3.17. The van der Waals surface area contributed by atoms with Crippen molar-refractivity contribution in [3.8, 4) is 0 Å². The topological polar surface area (TPSA) is 72.5 Å². The minimum Gasteiger partial charge on any atom is -0.465 e. The van der Waals surface area contributed by atoms with Crippen LogP contribution in [0.2, 0.25) is 5.02 Å². The van der Waals surface area contributed by atoms with Gasteiger partial charge < -0.3 is 4.74 Å². The number of halogens is 4. The molecule has 0 saturated heterocycles. The van der Waals surface area contributed by atoms with Crippen LogP contribution in [0.15, 0.2) is 35.2 Å². The minimum atomic E-state index is -4.58. The summed E-state index contributed by atoms with van der Waals surface area (Å²) in [6.45, 7) is 0. The first-order chi connectivity index (χ1) is 11.2. The molecule has 2 rings (SSSR count). The summed E-state index contributed by atoms with van der Waals surface area (Å²) in [5.41, 5.74) is -1.45. The van der Waals surface area contributed by atoms with E-state index in [1.165, 1.54) is 6.07 Å². The number of rotatable bonds is 4. The minimum absolute atomic E-state index is 0.304. The highest BCUT2D eigenvalue weighted by molar-refractivity contribution is 7.92. The molecule has 0 aliphatic heterocycles. The van der Waals surface area contributed by atoms with Gasteiger partial charge in [-0.15, -0.1) is 0 Å². The molecular formula is C14H9ClF3NO4S. The largest absolute Gasteiger partial charge is 0.465 e. The number of methoxy groups -OCH3 is 1. The van der Waals surface area contributed by atoms with Crippen molar-refractivity contribution < 1.29 is 31.1 Å². The lowest BCUT2D eigenvalue weighted by Crippen LogP contribution is -2.17. The average Bonchev–Trinajstić information content (AvgIpc) is 2.51. The lowest BCUT2D eigenvalue weighted by molar-refractivity contribution is 0.0595. The van der Waals surface area contributed by atoms with Gasteiger partial charge in [-0.05, 0) is 18.2 Å². The van der Waals surface area contributed by atoms with Gasteiger partial charge in [0.15, 0.2) is 5.82 Å². The van der Waals surface area contributed by atoms with Crippen LogP contribution in [-0.2, 0) is 14.8 Å². The molecule has 1 N–H and O–H groups in total. The molecule has 2 aromatic carbocycles. The number of anilines is 1. The van der Waals surface area contributed by atoms with Crippen molar-refractivity contribution in [2.75, 3.05) is 11.8 Å². The monoisotopic (exact) mass is 379 g/mol. The fraction of sp³-hybridized carbons (Fsp3) is 0.0714. The van der Waals surface area contributed by atoms with E-state index >= 15 is 0 Å². The molecule has 128 valence electrons. The lowest BCUT2D eigenvalue weighted by atomic mass is 10.2. The summed E-state index contributed by atoms with van der Waals surface area (Å²) in [7, 11) is -3.61. The van der Waals surface area contributed by atoms with Crippen LogP contribution < -0.4 is 4.72 Å². The van der Waals surface area contributed by atoms with E-state index in [-0.39, 0.29) is 0 Å². The molecule has 5 nitrogen and oxygen atoms in total. The van der Waals surface area contributed by atoms with Gasteiger partial charge in [-0.2, -0.15) is 0 Å². The number of benzene rings is 2. The van der Waals surface area contributed by atoms with Gasteiger partial charge in [0.2, 0.25) is 0 Å². The van der Waals surface area contributed by atoms with Crippen molar-refractivity contribution >= 4 is 33.3 Å². The molecule has 0 unspecified atom stereocenters. The Bertz CT molecular complexity index is 918. The Balaban J connectivity index is 2.50. The van der Waals surface area contributed by atoms with E-state index in [1.807, 2.05) is 0 Å². The lowest BCUT2D eigenvalue weighted by Gasteiger charge is -2.11. The van der Waals surface area contributed by atoms with E-state index in [4.69, 9.17) is 11.6 Å². The summed E-state index contributed by atoms with van der Waals surface area (Å²) in [5.74, 6) is -4.91. The highest BCUT2D eigenvalue weighted by atomic mass is 35.5. The molecule has 0 radical (unpaired) electrons. The molecule has 0 atom stereocenters. The Kier molecular flexibility index (Phi) is 5.05. The molecule has 2 aromatic rings. The maximum Gasteiger partial charge on any atom is 0.340 e. The molecule has 0 spiro atoms. The van der Waals surface area contributed by atoms with Gasteiger partial charge in [0.1, 0.15) is 16.5 Å². The first-order valence-corrected chi connectivity index (χ1v) is 8.07. The van der Waals surface area contributed by atoms with Crippen LogP contribution >= 0.6 is 11.6 Å². The predicted molar refractivity (Wildman–Crippen MR) is 79.9 cm³/mol. The van der Waals surface area contributed by atoms with E-state index < -0.39 is 54.6 Å². The molecule has 0 aliphatic rings. The number of hydrogen-bond acceptors (Lipinski definition) is 4. The van der Waals surface area contributed by atoms with E-state index in [0.29, 0.717) is 12.1 Å². The summed E-state index contributed by atoms with van der Waals surface area (Å²) in [6, 6.07) is 4.13. The number of ether oxygens (including phenoxy) is 1. The predicted octanol–water partition coefficient (Wildman–Crippen LogP) is 3.34. The van der Waals surface area contributed by atoms with Crippen molar-refractivity contribution in [3.05, 3.63) is 58.4 Å². The molecule has 0 saturated carbocycles. The third-order valence-corrected chi connectivity index (χ3v) is 4.59. The maximum absolute atomic E-state index is 13.8. The van der Waals surface area contributed by atoms with Crippen molar-refractivity contribution in [2.24, 2.45) is 0 Å². The number of esters is 1. The normalized spacial score (nSPS) is 11.2. The fourth-order valence-electron chi connectivity index (χ4n) is 1.78.